The molecular formula is C13H19N3O. The van der Waals surface area contributed by atoms with Crippen molar-refractivity contribution in [3.63, 3.8) is 0 Å². The molecule has 92 valence electrons. The van der Waals surface area contributed by atoms with E-state index in [0.717, 1.165) is 24.2 Å². The van der Waals surface area contributed by atoms with Crippen molar-refractivity contribution < 1.29 is 4.79 Å². The number of nitrogens with one attached hydrogen (secondary N) is 1. The van der Waals surface area contributed by atoms with Crippen molar-refractivity contribution in [1.82, 2.24) is 5.32 Å². The lowest BCUT2D eigenvalue weighted by atomic mass is 9.92. The SMILES string of the molecule is CN(C)c1ccc2c(c1)C(C(N)=O)CNCC2. The van der Waals surface area contributed by atoms with Gasteiger partial charge >= 0.3 is 0 Å². The van der Waals surface area contributed by atoms with Crippen LogP contribution in [0.15, 0.2) is 18.2 Å². The molecule has 0 aliphatic carbocycles. The first-order valence-corrected chi connectivity index (χ1v) is 5.90. The van der Waals surface area contributed by atoms with E-state index in [9.17, 15) is 4.79 Å². The van der Waals surface area contributed by atoms with Gasteiger partial charge in [-0.1, -0.05) is 6.07 Å². The summed E-state index contributed by atoms with van der Waals surface area (Å²) in [7, 11) is 3.99. The highest BCUT2D eigenvalue weighted by Gasteiger charge is 2.23. The first kappa shape index (κ1) is 11.9. The third kappa shape index (κ3) is 2.42. The van der Waals surface area contributed by atoms with Crippen LogP contribution in [0.1, 0.15) is 17.0 Å². The molecule has 1 aliphatic rings. The summed E-state index contributed by atoms with van der Waals surface area (Å²) in [6, 6.07) is 6.27. The van der Waals surface area contributed by atoms with Crippen LogP contribution in [0.25, 0.3) is 0 Å². The number of nitrogens with two attached hydrogens (primary N) is 1. The van der Waals surface area contributed by atoms with Crippen LogP contribution in [0.3, 0.4) is 0 Å². The summed E-state index contributed by atoms with van der Waals surface area (Å²) in [5.41, 5.74) is 8.90. The fourth-order valence-electron chi connectivity index (χ4n) is 2.25. The first-order chi connectivity index (χ1) is 8.09. The number of fused-ring (bicyclic) bond motifs is 1. The van der Waals surface area contributed by atoms with Crippen molar-refractivity contribution in [1.29, 1.82) is 0 Å². The summed E-state index contributed by atoms with van der Waals surface area (Å²) in [6.45, 7) is 1.54. The smallest absolute Gasteiger partial charge is 0.226 e. The quantitative estimate of drug-likeness (QED) is 0.780. The maximum Gasteiger partial charge on any atom is 0.226 e. The fraction of sp³-hybridized carbons (Fsp3) is 0.462. The molecule has 4 nitrogen and oxygen atoms in total. The van der Waals surface area contributed by atoms with Crippen LogP contribution >= 0.6 is 0 Å². The number of amides is 1. The molecule has 0 bridgehead atoms. The van der Waals surface area contributed by atoms with Gasteiger partial charge in [0.15, 0.2) is 0 Å². The van der Waals surface area contributed by atoms with Crippen LogP contribution in [-0.2, 0) is 11.2 Å². The van der Waals surface area contributed by atoms with Crippen molar-refractivity contribution in [3.05, 3.63) is 29.3 Å². The van der Waals surface area contributed by atoms with Gasteiger partial charge in [0.1, 0.15) is 0 Å². The van der Waals surface area contributed by atoms with E-state index in [0.29, 0.717) is 6.54 Å². The van der Waals surface area contributed by atoms with Gasteiger partial charge in [-0.2, -0.15) is 0 Å². The molecular weight excluding hydrogens is 214 g/mol. The zero-order chi connectivity index (χ0) is 12.4. The number of carbonyl (C=O) groups excluding carboxylic acids is 1. The number of primary amides is 1. The van der Waals surface area contributed by atoms with E-state index in [1.54, 1.807) is 0 Å². The molecule has 4 heteroatoms. The van der Waals surface area contributed by atoms with Gasteiger partial charge in [0, 0.05) is 26.3 Å². The summed E-state index contributed by atoms with van der Waals surface area (Å²) < 4.78 is 0. The predicted octanol–water partition coefficient (Wildman–Crippen LogP) is 0.467. The molecule has 1 aliphatic heterocycles. The molecule has 0 saturated carbocycles. The van der Waals surface area contributed by atoms with Crippen LogP contribution in [-0.4, -0.2) is 33.1 Å². The molecule has 0 spiro atoms. The lowest BCUT2D eigenvalue weighted by Gasteiger charge is -2.18. The Morgan fingerprint density at radius 1 is 1.47 bits per heavy atom. The Morgan fingerprint density at radius 2 is 2.24 bits per heavy atom. The van der Waals surface area contributed by atoms with E-state index < -0.39 is 0 Å². The Kier molecular flexibility index (Phi) is 3.33. The summed E-state index contributed by atoms with van der Waals surface area (Å²) in [6.07, 6.45) is 0.951. The average molecular weight is 233 g/mol. The van der Waals surface area contributed by atoms with Crippen molar-refractivity contribution in [2.24, 2.45) is 5.73 Å². The van der Waals surface area contributed by atoms with Gasteiger partial charge in [-0.3, -0.25) is 4.79 Å². The number of benzene rings is 1. The molecule has 1 atom stereocenters. The van der Waals surface area contributed by atoms with E-state index in [2.05, 4.69) is 23.5 Å². The number of nitrogens with zero attached hydrogens (tertiary/aromatic N) is 1. The van der Waals surface area contributed by atoms with Gasteiger partial charge in [-0.25, -0.2) is 0 Å². The predicted molar refractivity (Wildman–Crippen MR) is 69.3 cm³/mol. The maximum absolute atomic E-state index is 11.5. The second-order valence-electron chi connectivity index (χ2n) is 4.69. The average Bonchev–Trinajstić information content (AvgIpc) is 2.49. The summed E-state index contributed by atoms with van der Waals surface area (Å²) in [4.78, 5) is 13.6. The molecule has 0 radical (unpaired) electrons. The highest BCUT2D eigenvalue weighted by molar-refractivity contribution is 5.83. The number of rotatable bonds is 2. The van der Waals surface area contributed by atoms with Crippen LogP contribution in [0.4, 0.5) is 5.69 Å². The van der Waals surface area contributed by atoms with Crippen molar-refractivity contribution in [2.75, 3.05) is 32.1 Å². The van der Waals surface area contributed by atoms with Crippen LogP contribution in [0.2, 0.25) is 0 Å². The van der Waals surface area contributed by atoms with Gasteiger partial charge < -0.3 is 16.0 Å². The summed E-state index contributed by atoms with van der Waals surface area (Å²) in [5.74, 6) is -0.469. The minimum atomic E-state index is -0.253. The fourth-order valence-corrected chi connectivity index (χ4v) is 2.25. The molecule has 1 aromatic carbocycles. The van der Waals surface area contributed by atoms with Crippen molar-refractivity contribution >= 4 is 11.6 Å². The molecule has 0 fully saturated rings. The molecule has 1 aromatic rings. The molecule has 2 rings (SSSR count). The summed E-state index contributed by atoms with van der Waals surface area (Å²) in [5, 5.41) is 3.26. The van der Waals surface area contributed by atoms with E-state index >= 15 is 0 Å². The highest BCUT2D eigenvalue weighted by Crippen LogP contribution is 2.26. The standard InChI is InChI=1S/C13H19N3O/c1-16(2)10-4-3-9-5-6-15-8-12(13(14)17)11(9)7-10/h3-4,7,12,15H,5-6,8H2,1-2H3,(H2,14,17). The monoisotopic (exact) mass is 233 g/mol. The minimum Gasteiger partial charge on any atom is -0.378 e. The molecule has 1 unspecified atom stereocenters. The molecule has 1 amide bonds. The van der Waals surface area contributed by atoms with E-state index in [1.807, 2.05) is 19.0 Å². The molecule has 0 saturated heterocycles. The first-order valence-electron chi connectivity index (χ1n) is 5.90. The minimum absolute atomic E-state index is 0.215. The number of hydrogen-bond acceptors (Lipinski definition) is 3. The van der Waals surface area contributed by atoms with Crippen molar-refractivity contribution in [2.45, 2.75) is 12.3 Å². The molecule has 17 heavy (non-hydrogen) atoms. The lowest BCUT2D eigenvalue weighted by molar-refractivity contribution is -0.119. The Morgan fingerprint density at radius 3 is 2.88 bits per heavy atom. The third-order valence-corrected chi connectivity index (χ3v) is 3.28. The Bertz CT molecular complexity index is 429. The van der Waals surface area contributed by atoms with Crippen LogP contribution < -0.4 is 16.0 Å². The molecule has 0 aromatic heterocycles. The van der Waals surface area contributed by atoms with Crippen LogP contribution in [0.5, 0.6) is 0 Å². The normalized spacial score (nSPS) is 19.3. The number of carbonyl (C=O) groups is 1. The van der Waals surface area contributed by atoms with Gasteiger partial charge in [0.2, 0.25) is 5.91 Å². The largest absolute Gasteiger partial charge is 0.378 e. The third-order valence-electron chi connectivity index (χ3n) is 3.28. The van der Waals surface area contributed by atoms with Gasteiger partial charge in [0.25, 0.3) is 0 Å². The zero-order valence-corrected chi connectivity index (χ0v) is 10.4. The van der Waals surface area contributed by atoms with Crippen LogP contribution in [0, 0.1) is 0 Å². The Hall–Kier alpha value is -1.55. The second-order valence-corrected chi connectivity index (χ2v) is 4.69. The topological polar surface area (TPSA) is 58.4 Å². The number of anilines is 1. The van der Waals surface area contributed by atoms with Crippen molar-refractivity contribution in [3.8, 4) is 0 Å². The Labute approximate surface area is 102 Å². The lowest BCUT2D eigenvalue weighted by Crippen LogP contribution is -2.30. The van der Waals surface area contributed by atoms with E-state index in [1.165, 1.54) is 5.56 Å². The van der Waals surface area contributed by atoms with Gasteiger partial charge in [-0.05, 0) is 36.2 Å². The van der Waals surface area contributed by atoms with E-state index in [-0.39, 0.29) is 11.8 Å². The highest BCUT2D eigenvalue weighted by atomic mass is 16.1. The summed E-state index contributed by atoms with van der Waals surface area (Å²) >= 11 is 0. The van der Waals surface area contributed by atoms with Gasteiger partial charge in [0.05, 0.1) is 5.92 Å². The molecule has 3 N–H and O–H groups in total. The second kappa shape index (κ2) is 4.75. The van der Waals surface area contributed by atoms with Gasteiger partial charge in [-0.15, -0.1) is 0 Å². The Balaban J connectivity index is 2.46. The molecule has 1 heterocycles. The number of hydrogen-bond donors (Lipinski definition) is 2. The van der Waals surface area contributed by atoms with E-state index in [4.69, 9.17) is 5.73 Å². The zero-order valence-electron chi connectivity index (χ0n) is 10.4. The maximum atomic E-state index is 11.5.